The first-order valence-corrected chi connectivity index (χ1v) is 5.72. The van der Waals surface area contributed by atoms with Gasteiger partial charge in [-0.15, -0.1) is 0 Å². The maximum Gasteiger partial charge on any atom is 0.274 e. The zero-order valence-electron chi connectivity index (χ0n) is 9.96. The first-order valence-electron chi connectivity index (χ1n) is 5.72. The second kappa shape index (κ2) is 5.09. The zero-order chi connectivity index (χ0) is 12.3. The summed E-state index contributed by atoms with van der Waals surface area (Å²) in [6.45, 7) is 3.43. The van der Waals surface area contributed by atoms with E-state index in [1.54, 1.807) is 0 Å². The molecule has 0 atom stereocenters. The number of anilines is 1. The maximum atomic E-state index is 12.1. The minimum absolute atomic E-state index is 0.0622. The first-order chi connectivity index (χ1) is 8.16. The van der Waals surface area contributed by atoms with Crippen LogP contribution in [0.2, 0.25) is 0 Å². The molecule has 0 saturated carbocycles. The third-order valence-electron chi connectivity index (χ3n) is 2.90. The van der Waals surface area contributed by atoms with Crippen molar-refractivity contribution in [2.75, 3.05) is 39.0 Å². The standard InChI is InChI=1S/C11H17N5O/c1-15-3-2-4-16(6-5-15)11(17)9-7-14-10(12)8-13-9/h7-8H,2-6H2,1H3,(H2,12,14). The molecule has 0 spiro atoms. The van der Waals surface area contributed by atoms with E-state index < -0.39 is 0 Å². The van der Waals surface area contributed by atoms with Gasteiger partial charge in [0.1, 0.15) is 11.5 Å². The molecule has 1 saturated heterocycles. The topological polar surface area (TPSA) is 75.3 Å². The number of nitrogens with two attached hydrogens (primary N) is 1. The second-order valence-electron chi connectivity index (χ2n) is 4.28. The van der Waals surface area contributed by atoms with Crippen LogP contribution in [-0.2, 0) is 0 Å². The van der Waals surface area contributed by atoms with E-state index in [2.05, 4.69) is 21.9 Å². The number of hydrogen-bond donors (Lipinski definition) is 1. The number of aromatic nitrogens is 2. The normalized spacial score (nSPS) is 17.8. The Morgan fingerprint density at radius 2 is 2.06 bits per heavy atom. The van der Waals surface area contributed by atoms with Crippen molar-refractivity contribution in [3.63, 3.8) is 0 Å². The quantitative estimate of drug-likeness (QED) is 0.732. The van der Waals surface area contributed by atoms with Crippen LogP contribution < -0.4 is 5.73 Å². The van der Waals surface area contributed by atoms with Gasteiger partial charge < -0.3 is 15.5 Å². The largest absolute Gasteiger partial charge is 0.382 e. The fourth-order valence-corrected chi connectivity index (χ4v) is 1.86. The van der Waals surface area contributed by atoms with Crippen LogP contribution in [0.5, 0.6) is 0 Å². The van der Waals surface area contributed by atoms with Crippen molar-refractivity contribution < 1.29 is 4.79 Å². The maximum absolute atomic E-state index is 12.1. The molecule has 2 rings (SSSR count). The van der Waals surface area contributed by atoms with Crippen molar-refractivity contribution in [1.29, 1.82) is 0 Å². The van der Waals surface area contributed by atoms with Gasteiger partial charge in [-0.2, -0.15) is 0 Å². The molecule has 0 unspecified atom stereocenters. The van der Waals surface area contributed by atoms with Gasteiger partial charge in [0.05, 0.1) is 12.4 Å². The molecule has 0 bridgehead atoms. The van der Waals surface area contributed by atoms with Crippen molar-refractivity contribution in [3.8, 4) is 0 Å². The summed E-state index contributed by atoms with van der Waals surface area (Å²) in [5.41, 5.74) is 5.81. The average molecular weight is 235 g/mol. The van der Waals surface area contributed by atoms with Crippen molar-refractivity contribution in [2.24, 2.45) is 0 Å². The van der Waals surface area contributed by atoms with Crippen LogP contribution in [0.25, 0.3) is 0 Å². The van der Waals surface area contributed by atoms with Gasteiger partial charge in [-0.3, -0.25) is 4.79 Å². The molecule has 0 aliphatic carbocycles. The summed E-state index contributed by atoms with van der Waals surface area (Å²) in [6.07, 6.45) is 3.84. The SMILES string of the molecule is CN1CCCN(C(=O)c2cnc(N)cn2)CC1. The smallest absolute Gasteiger partial charge is 0.274 e. The molecule has 2 N–H and O–H groups in total. The molecular weight excluding hydrogens is 218 g/mol. The van der Waals surface area contributed by atoms with Crippen molar-refractivity contribution in [2.45, 2.75) is 6.42 Å². The Kier molecular flexibility index (Phi) is 3.53. The predicted molar refractivity (Wildman–Crippen MR) is 64.5 cm³/mol. The van der Waals surface area contributed by atoms with Crippen LogP contribution in [0.15, 0.2) is 12.4 Å². The molecule has 1 aliphatic rings. The monoisotopic (exact) mass is 235 g/mol. The predicted octanol–water partition coefficient (Wildman–Crippen LogP) is -0.163. The zero-order valence-corrected chi connectivity index (χ0v) is 9.96. The number of likely N-dealkylation sites (N-methyl/N-ethyl adjacent to an activating group) is 1. The molecule has 1 aliphatic heterocycles. The minimum atomic E-state index is -0.0622. The summed E-state index contributed by atoms with van der Waals surface area (Å²) < 4.78 is 0. The lowest BCUT2D eigenvalue weighted by Crippen LogP contribution is -2.35. The average Bonchev–Trinajstić information content (AvgIpc) is 2.54. The Bertz CT molecular complexity index is 391. The fraction of sp³-hybridized carbons (Fsp3) is 0.545. The molecular formula is C11H17N5O. The van der Waals surface area contributed by atoms with E-state index in [0.717, 1.165) is 32.6 Å². The van der Waals surface area contributed by atoms with Crippen molar-refractivity contribution in [3.05, 3.63) is 18.1 Å². The number of carbonyl (C=O) groups excluding carboxylic acids is 1. The fourth-order valence-electron chi connectivity index (χ4n) is 1.86. The Morgan fingerprint density at radius 1 is 1.24 bits per heavy atom. The Balaban J connectivity index is 2.06. The molecule has 0 radical (unpaired) electrons. The summed E-state index contributed by atoms with van der Waals surface area (Å²) in [4.78, 5) is 24.1. The Hall–Kier alpha value is -1.69. The summed E-state index contributed by atoms with van der Waals surface area (Å²) >= 11 is 0. The lowest BCUT2D eigenvalue weighted by atomic mass is 10.3. The van der Waals surface area contributed by atoms with Crippen LogP contribution in [0.3, 0.4) is 0 Å². The van der Waals surface area contributed by atoms with E-state index in [-0.39, 0.29) is 5.91 Å². The lowest BCUT2D eigenvalue weighted by molar-refractivity contribution is 0.0756. The Morgan fingerprint density at radius 3 is 2.76 bits per heavy atom. The first kappa shape index (κ1) is 11.8. The second-order valence-corrected chi connectivity index (χ2v) is 4.28. The van der Waals surface area contributed by atoms with Crippen LogP contribution in [0.4, 0.5) is 5.82 Å². The van der Waals surface area contributed by atoms with Crippen LogP contribution in [0, 0.1) is 0 Å². The number of amides is 1. The van der Waals surface area contributed by atoms with Gasteiger partial charge in [0.2, 0.25) is 0 Å². The molecule has 6 heteroatoms. The van der Waals surface area contributed by atoms with Gasteiger partial charge in [-0.05, 0) is 20.0 Å². The highest BCUT2D eigenvalue weighted by atomic mass is 16.2. The van der Waals surface area contributed by atoms with E-state index in [9.17, 15) is 4.79 Å². The van der Waals surface area contributed by atoms with Crippen molar-refractivity contribution in [1.82, 2.24) is 19.8 Å². The number of carbonyl (C=O) groups is 1. The number of nitrogen functional groups attached to an aromatic ring is 1. The number of hydrogen-bond acceptors (Lipinski definition) is 5. The van der Waals surface area contributed by atoms with Gasteiger partial charge in [0, 0.05) is 19.6 Å². The molecule has 1 aromatic rings. The Labute approximate surface area is 100 Å². The summed E-state index contributed by atoms with van der Waals surface area (Å²) in [6, 6.07) is 0. The van der Waals surface area contributed by atoms with Gasteiger partial charge in [-0.25, -0.2) is 9.97 Å². The third-order valence-corrected chi connectivity index (χ3v) is 2.90. The van der Waals surface area contributed by atoms with E-state index in [0.29, 0.717) is 11.5 Å². The van der Waals surface area contributed by atoms with E-state index in [1.165, 1.54) is 12.4 Å². The molecule has 1 fully saturated rings. The van der Waals surface area contributed by atoms with Gasteiger partial charge in [0.15, 0.2) is 0 Å². The highest BCUT2D eigenvalue weighted by molar-refractivity contribution is 5.92. The molecule has 2 heterocycles. The molecule has 1 aromatic heterocycles. The van der Waals surface area contributed by atoms with Gasteiger partial charge >= 0.3 is 0 Å². The molecule has 1 amide bonds. The summed E-state index contributed by atoms with van der Waals surface area (Å²) in [5.74, 6) is 0.268. The molecule has 0 aromatic carbocycles. The number of nitrogens with zero attached hydrogens (tertiary/aromatic N) is 4. The lowest BCUT2D eigenvalue weighted by Gasteiger charge is -2.19. The van der Waals surface area contributed by atoms with E-state index >= 15 is 0 Å². The third kappa shape index (κ3) is 2.91. The molecule has 6 nitrogen and oxygen atoms in total. The van der Waals surface area contributed by atoms with Crippen LogP contribution >= 0.6 is 0 Å². The van der Waals surface area contributed by atoms with E-state index in [1.807, 2.05) is 4.90 Å². The van der Waals surface area contributed by atoms with Crippen LogP contribution in [0.1, 0.15) is 16.9 Å². The number of rotatable bonds is 1. The van der Waals surface area contributed by atoms with Gasteiger partial charge in [-0.1, -0.05) is 0 Å². The van der Waals surface area contributed by atoms with Crippen LogP contribution in [-0.4, -0.2) is 58.9 Å². The highest BCUT2D eigenvalue weighted by Gasteiger charge is 2.19. The summed E-state index contributed by atoms with van der Waals surface area (Å²) in [7, 11) is 2.07. The van der Waals surface area contributed by atoms with Crippen molar-refractivity contribution >= 4 is 11.7 Å². The van der Waals surface area contributed by atoms with E-state index in [4.69, 9.17) is 5.73 Å². The molecule has 17 heavy (non-hydrogen) atoms. The minimum Gasteiger partial charge on any atom is -0.382 e. The van der Waals surface area contributed by atoms with Gasteiger partial charge in [0.25, 0.3) is 5.91 Å². The highest BCUT2D eigenvalue weighted by Crippen LogP contribution is 2.06. The molecule has 92 valence electrons. The summed E-state index contributed by atoms with van der Waals surface area (Å²) in [5, 5.41) is 0.